The summed E-state index contributed by atoms with van der Waals surface area (Å²) in [5.74, 6) is 0. The van der Waals surface area contributed by atoms with E-state index in [0.717, 1.165) is 19.4 Å². The largest absolute Gasteiger partial charge is 1.00 e. The summed E-state index contributed by atoms with van der Waals surface area (Å²) >= 11 is 0. The van der Waals surface area contributed by atoms with Gasteiger partial charge in [-0.3, -0.25) is 0 Å². The molecule has 0 unspecified atom stereocenters. The van der Waals surface area contributed by atoms with Gasteiger partial charge in [0.15, 0.2) is 0 Å². The smallest absolute Gasteiger partial charge is 1.00 e. The van der Waals surface area contributed by atoms with E-state index in [-0.39, 0.29) is 25.9 Å². The van der Waals surface area contributed by atoms with Crippen molar-refractivity contribution in [2.24, 2.45) is 0 Å². The van der Waals surface area contributed by atoms with Crippen LogP contribution >= 0.6 is 0 Å². The number of rotatable bonds is 4. The molecule has 0 aliphatic heterocycles. The van der Waals surface area contributed by atoms with Crippen LogP contribution in [0.5, 0.6) is 0 Å². The summed E-state index contributed by atoms with van der Waals surface area (Å²) in [5.41, 5.74) is 0.0933. The molecule has 0 fully saturated rings. The van der Waals surface area contributed by atoms with E-state index in [1.165, 1.54) is 0 Å². The first-order valence-electron chi connectivity index (χ1n) is 3.76. The molecule has 0 rings (SSSR count). The molecule has 0 amide bonds. The van der Waals surface area contributed by atoms with Gasteiger partial charge < -0.3 is 6.16 Å². The van der Waals surface area contributed by atoms with Crippen LogP contribution in [0.15, 0.2) is 0 Å². The Hall–Kier alpha value is 0.557. The SMILES string of the molecule is CCCOC(C)(C)CC.[H-].[Li+]. The summed E-state index contributed by atoms with van der Waals surface area (Å²) in [4.78, 5) is 0. The molecule has 0 spiro atoms. The molecule has 1 nitrogen and oxygen atoms in total. The van der Waals surface area contributed by atoms with Crippen molar-refractivity contribution < 1.29 is 25.0 Å². The van der Waals surface area contributed by atoms with Gasteiger partial charge in [-0.15, -0.1) is 0 Å². The molecule has 0 N–H and O–H groups in total. The van der Waals surface area contributed by atoms with Crippen LogP contribution in [-0.2, 0) is 4.74 Å². The number of ether oxygens (including phenoxy) is 1. The maximum Gasteiger partial charge on any atom is 1.00 e. The second-order valence-corrected chi connectivity index (χ2v) is 2.96. The molecule has 0 saturated carbocycles. The van der Waals surface area contributed by atoms with Crippen LogP contribution in [0.25, 0.3) is 0 Å². The molecule has 2 heteroatoms. The fraction of sp³-hybridized carbons (Fsp3) is 1.00. The van der Waals surface area contributed by atoms with Crippen molar-refractivity contribution in [3.63, 3.8) is 0 Å². The van der Waals surface area contributed by atoms with Crippen LogP contribution in [0.1, 0.15) is 42.0 Å². The van der Waals surface area contributed by atoms with Crippen molar-refractivity contribution in [2.45, 2.75) is 46.1 Å². The summed E-state index contributed by atoms with van der Waals surface area (Å²) in [6.45, 7) is 9.42. The minimum atomic E-state index is 0. The van der Waals surface area contributed by atoms with Crippen LogP contribution in [0.2, 0.25) is 0 Å². The zero-order valence-corrected chi connectivity index (χ0v) is 8.03. The summed E-state index contributed by atoms with van der Waals surface area (Å²) in [7, 11) is 0. The third-order valence-electron chi connectivity index (χ3n) is 1.55. The predicted octanol–water partition coefficient (Wildman–Crippen LogP) is -0.282. The monoisotopic (exact) mass is 138 g/mol. The number of hydrogen-bond acceptors (Lipinski definition) is 1. The van der Waals surface area contributed by atoms with Crippen molar-refractivity contribution in [3.8, 4) is 0 Å². The van der Waals surface area contributed by atoms with Gasteiger partial charge in [-0.05, 0) is 26.7 Å². The van der Waals surface area contributed by atoms with E-state index in [9.17, 15) is 0 Å². The Morgan fingerprint density at radius 2 is 1.80 bits per heavy atom. The molecule has 0 saturated heterocycles. The molecule has 58 valence electrons. The van der Waals surface area contributed by atoms with E-state index in [2.05, 4.69) is 27.7 Å². The molecule has 0 heterocycles. The number of hydrogen-bond donors (Lipinski definition) is 0. The molecule has 0 radical (unpaired) electrons. The maximum atomic E-state index is 5.53. The average Bonchev–Trinajstić information content (AvgIpc) is 1.84. The third kappa shape index (κ3) is 6.67. The van der Waals surface area contributed by atoms with Crippen molar-refractivity contribution in [1.82, 2.24) is 0 Å². The molecular formula is C8H19LiO. The van der Waals surface area contributed by atoms with Crippen molar-refractivity contribution in [3.05, 3.63) is 0 Å². The van der Waals surface area contributed by atoms with Gasteiger partial charge in [0.05, 0.1) is 5.60 Å². The van der Waals surface area contributed by atoms with Crippen LogP contribution in [0, 0.1) is 0 Å². The van der Waals surface area contributed by atoms with Crippen molar-refractivity contribution in [2.75, 3.05) is 6.61 Å². The first-order chi connectivity index (χ1) is 4.12. The van der Waals surface area contributed by atoms with Gasteiger partial charge in [-0.1, -0.05) is 13.8 Å². The van der Waals surface area contributed by atoms with E-state index < -0.39 is 0 Å². The van der Waals surface area contributed by atoms with Crippen LogP contribution < -0.4 is 18.9 Å². The van der Waals surface area contributed by atoms with Gasteiger partial charge in [-0.25, -0.2) is 0 Å². The van der Waals surface area contributed by atoms with Crippen LogP contribution in [-0.4, -0.2) is 12.2 Å². The summed E-state index contributed by atoms with van der Waals surface area (Å²) in [5, 5.41) is 0. The van der Waals surface area contributed by atoms with Crippen molar-refractivity contribution >= 4 is 0 Å². The van der Waals surface area contributed by atoms with Gasteiger partial charge in [-0.2, -0.15) is 0 Å². The Balaban J connectivity index is -0.000000320. The quantitative estimate of drug-likeness (QED) is 0.485. The van der Waals surface area contributed by atoms with E-state index in [0.29, 0.717) is 0 Å². The second kappa shape index (κ2) is 6.28. The Kier molecular flexibility index (Phi) is 8.27. The minimum absolute atomic E-state index is 0. The van der Waals surface area contributed by atoms with Crippen LogP contribution in [0.3, 0.4) is 0 Å². The first kappa shape index (κ1) is 13.2. The second-order valence-electron chi connectivity index (χ2n) is 2.96. The summed E-state index contributed by atoms with van der Waals surface area (Å²) in [6, 6.07) is 0. The molecule has 0 atom stereocenters. The molecule has 0 aromatic carbocycles. The molecule has 0 aliphatic carbocycles. The van der Waals surface area contributed by atoms with Gasteiger partial charge in [0.2, 0.25) is 0 Å². The average molecular weight is 138 g/mol. The Morgan fingerprint density at radius 3 is 2.10 bits per heavy atom. The van der Waals surface area contributed by atoms with E-state index in [1.54, 1.807) is 0 Å². The zero-order chi connectivity index (χ0) is 7.33. The molecule has 0 aromatic rings. The van der Waals surface area contributed by atoms with Gasteiger partial charge in [0.25, 0.3) is 0 Å². The fourth-order valence-corrected chi connectivity index (χ4v) is 0.480. The molecule has 10 heavy (non-hydrogen) atoms. The normalized spacial score (nSPS) is 10.8. The molecule has 0 aliphatic rings. The zero-order valence-electron chi connectivity index (χ0n) is 9.03. The minimum Gasteiger partial charge on any atom is -1.00 e. The fourth-order valence-electron chi connectivity index (χ4n) is 0.480. The predicted molar refractivity (Wildman–Crippen MR) is 41.7 cm³/mol. The van der Waals surface area contributed by atoms with Gasteiger partial charge >= 0.3 is 18.9 Å². The topological polar surface area (TPSA) is 9.23 Å². The first-order valence-corrected chi connectivity index (χ1v) is 3.76. The molecule has 0 bridgehead atoms. The van der Waals surface area contributed by atoms with E-state index >= 15 is 0 Å². The van der Waals surface area contributed by atoms with Crippen LogP contribution in [0.4, 0.5) is 0 Å². The maximum absolute atomic E-state index is 5.53. The standard InChI is InChI=1S/C8H18O.Li.H/c1-5-7-9-8(3,4)6-2;;/h5-7H2,1-4H3;;/q;+1;-1. The Morgan fingerprint density at radius 1 is 1.30 bits per heavy atom. The van der Waals surface area contributed by atoms with Gasteiger partial charge in [0, 0.05) is 6.61 Å². The summed E-state index contributed by atoms with van der Waals surface area (Å²) < 4.78 is 5.53. The Labute approximate surface area is 78.2 Å². The van der Waals surface area contributed by atoms with E-state index in [4.69, 9.17) is 4.74 Å². The van der Waals surface area contributed by atoms with Crippen molar-refractivity contribution in [1.29, 1.82) is 0 Å². The molecular weight excluding hydrogens is 119 g/mol. The third-order valence-corrected chi connectivity index (χ3v) is 1.55. The van der Waals surface area contributed by atoms with Gasteiger partial charge in [0.1, 0.15) is 0 Å². The summed E-state index contributed by atoms with van der Waals surface area (Å²) in [6.07, 6.45) is 2.20. The Bertz CT molecular complexity index is 76.5. The molecule has 0 aromatic heterocycles. The van der Waals surface area contributed by atoms with E-state index in [1.807, 2.05) is 0 Å².